The Balaban J connectivity index is 0. The maximum absolute atomic E-state index is 8.12. The summed E-state index contributed by atoms with van der Waals surface area (Å²) in [6.45, 7) is 0. The lowest BCUT2D eigenvalue weighted by atomic mass is 10.4. The fraction of sp³-hybridized carbons (Fsp3) is 0.0909. The Morgan fingerprint density at radius 3 is 1.23 bits per heavy atom. The third kappa shape index (κ3) is 20.7. The first-order valence-corrected chi connectivity index (χ1v) is 11.8. The zero-order chi connectivity index (χ0) is 23.0. The van der Waals surface area contributed by atoms with Crippen LogP contribution in [0.1, 0.15) is 0 Å². The van der Waals surface area contributed by atoms with Crippen molar-refractivity contribution in [3.63, 3.8) is 0 Å². The fourth-order valence-electron chi connectivity index (χ4n) is 1.56. The van der Waals surface area contributed by atoms with Crippen molar-refractivity contribution in [3.8, 4) is 0 Å². The fourth-order valence-corrected chi connectivity index (χ4v) is 2.83. The van der Waals surface area contributed by atoms with Gasteiger partial charge in [-0.2, -0.15) is 19.2 Å². The maximum atomic E-state index is 8.12. The molecule has 0 spiro atoms. The predicted molar refractivity (Wildman–Crippen MR) is 128 cm³/mol. The monoisotopic (exact) mass is 524 g/mol. The van der Waals surface area contributed by atoms with Crippen molar-refractivity contribution in [1.82, 2.24) is 0 Å². The van der Waals surface area contributed by atoms with Crippen molar-refractivity contribution in [2.45, 2.75) is 14.7 Å². The first-order valence-electron chi connectivity index (χ1n) is 8.10. The molecule has 0 aromatic heterocycles. The van der Waals surface area contributed by atoms with E-state index in [1.54, 1.807) is 23.5 Å². The van der Waals surface area contributed by atoms with E-state index in [-0.39, 0.29) is 12.3 Å². The van der Waals surface area contributed by atoms with Crippen LogP contribution in [0.2, 0.25) is 0 Å². The summed E-state index contributed by atoms with van der Waals surface area (Å²) in [4.78, 5) is 36.1. The van der Waals surface area contributed by atoms with E-state index in [0.29, 0.717) is 0 Å². The molecule has 0 heterocycles. The van der Waals surface area contributed by atoms with Gasteiger partial charge in [-0.3, -0.25) is 0 Å². The van der Waals surface area contributed by atoms with Crippen LogP contribution in [0, 0.1) is 0 Å². The molecule has 3 aromatic rings. The summed E-state index contributed by atoms with van der Waals surface area (Å²) in [5.41, 5.74) is 0. The van der Waals surface area contributed by atoms with Gasteiger partial charge in [0.05, 0.1) is 0 Å². The minimum Gasteiger partial charge on any atom is -0.186 e. The van der Waals surface area contributed by atoms with Gasteiger partial charge in [-0.15, -0.1) is 36.2 Å². The van der Waals surface area contributed by atoms with Gasteiger partial charge < -0.3 is 0 Å². The highest BCUT2D eigenvalue weighted by atomic mass is 79.9. The Bertz CT molecular complexity index is 821. The summed E-state index contributed by atoms with van der Waals surface area (Å²) in [5.74, 6) is 0. The van der Waals surface area contributed by atoms with E-state index in [9.17, 15) is 0 Å². The second-order valence-electron chi connectivity index (χ2n) is 4.68. The third-order valence-electron chi connectivity index (χ3n) is 2.78. The molecule has 3 aromatic carbocycles. The molecule has 8 heteroatoms. The molecule has 4 nitrogen and oxygen atoms in total. The number of hydrogen-bond donors (Lipinski definition) is 1. The Morgan fingerprint density at radius 1 is 0.633 bits per heavy atom. The largest absolute Gasteiger partial charge is 0.373 e. The smallest absolute Gasteiger partial charge is 0.186 e. The van der Waals surface area contributed by atoms with Crippen molar-refractivity contribution in [2.24, 2.45) is 0 Å². The Kier molecular flexibility index (Phi) is 23.3. The van der Waals surface area contributed by atoms with Crippen LogP contribution < -0.4 is 0 Å². The van der Waals surface area contributed by atoms with Gasteiger partial charge in [0, 0.05) is 19.2 Å². The maximum Gasteiger partial charge on any atom is 0.373 e. The van der Waals surface area contributed by atoms with Crippen LogP contribution in [-0.2, 0) is 19.2 Å². The summed E-state index contributed by atoms with van der Waals surface area (Å²) in [5, 5.41) is 0. The molecule has 0 atom stereocenters. The lowest BCUT2D eigenvalue weighted by Crippen LogP contribution is -1.66. The average molecular weight is 526 g/mol. The molecule has 3 rings (SSSR count). The van der Waals surface area contributed by atoms with E-state index < -0.39 is 0 Å². The van der Waals surface area contributed by atoms with Gasteiger partial charge in [0.2, 0.25) is 0 Å². The second kappa shape index (κ2) is 23.2. The van der Waals surface area contributed by atoms with E-state index in [4.69, 9.17) is 19.2 Å². The predicted octanol–water partition coefficient (Wildman–Crippen LogP) is 6.39. The van der Waals surface area contributed by atoms with E-state index in [2.05, 4.69) is 65.3 Å². The van der Waals surface area contributed by atoms with E-state index in [0.717, 1.165) is 9.37 Å². The van der Waals surface area contributed by atoms with Crippen LogP contribution in [0.5, 0.6) is 0 Å². The zero-order valence-corrected chi connectivity index (χ0v) is 20.5. The summed E-state index contributed by atoms with van der Waals surface area (Å²) in [6, 6.07) is 28.4. The molecule has 0 bridgehead atoms. The van der Waals surface area contributed by atoms with Crippen LogP contribution in [0.15, 0.2) is 104 Å². The molecular weight excluding hydrogens is 504 g/mol. The molecular formula is C22H21BrO4S3. The Morgan fingerprint density at radius 2 is 0.967 bits per heavy atom. The summed E-state index contributed by atoms with van der Waals surface area (Å²) >= 11 is 11.0. The van der Waals surface area contributed by atoms with Crippen LogP contribution in [0.4, 0.5) is 0 Å². The Labute approximate surface area is 199 Å². The molecule has 0 aliphatic rings. The molecule has 0 saturated carbocycles. The highest BCUT2D eigenvalue weighted by Crippen LogP contribution is 2.17. The number of thioether (sulfide) groups is 2. The number of benzene rings is 3. The summed E-state index contributed by atoms with van der Waals surface area (Å²) in [7, 11) is 0. The third-order valence-corrected chi connectivity index (χ3v) is 5.10. The van der Waals surface area contributed by atoms with E-state index in [1.807, 2.05) is 60.7 Å². The summed E-state index contributed by atoms with van der Waals surface area (Å²) in [6.07, 6.45) is 4.65. The van der Waals surface area contributed by atoms with Gasteiger partial charge in [-0.05, 0) is 61.0 Å². The van der Waals surface area contributed by atoms with Crippen molar-refractivity contribution in [1.29, 1.82) is 0 Å². The number of rotatable bonds is 2. The van der Waals surface area contributed by atoms with Gasteiger partial charge in [-0.1, -0.05) is 52.3 Å². The first-order chi connectivity index (χ1) is 14.5. The molecule has 158 valence electrons. The van der Waals surface area contributed by atoms with Crippen LogP contribution in [-0.4, -0.2) is 24.8 Å². The highest BCUT2D eigenvalue weighted by molar-refractivity contribution is 9.10. The molecule has 0 fully saturated rings. The lowest BCUT2D eigenvalue weighted by Gasteiger charge is -1.92. The SMILES string of the molecule is CSc1ccc(Br)cc1.CSc1ccccc1.O=C=O.O=C=O.Sc1ccccc1. The topological polar surface area (TPSA) is 68.3 Å². The molecule has 0 radical (unpaired) electrons. The normalized spacial score (nSPS) is 7.87. The average Bonchev–Trinajstić information content (AvgIpc) is 2.77. The van der Waals surface area contributed by atoms with Crippen LogP contribution >= 0.6 is 52.1 Å². The molecule has 0 unspecified atom stereocenters. The van der Waals surface area contributed by atoms with Crippen LogP contribution in [0.3, 0.4) is 0 Å². The summed E-state index contributed by atoms with van der Waals surface area (Å²) < 4.78 is 1.14. The minimum atomic E-state index is 0.250. The zero-order valence-electron chi connectivity index (χ0n) is 16.4. The number of carbonyl (C=O) groups excluding carboxylic acids is 4. The number of thiol groups is 1. The molecule has 0 amide bonds. The van der Waals surface area contributed by atoms with Crippen molar-refractivity contribution < 1.29 is 19.2 Å². The van der Waals surface area contributed by atoms with Gasteiger partial charge in [0.1, 0.15) is 0 Å². The molecule has 0 saturated heterocycles. The lowest BCUT2D eigenvalue weighted by molar-refractivity contribution is -0.193. The number of hydrogen-bond acceptors (Lipinski definition) is 7. The second-order valence-corrected chi connectivity index (χ2v) is 7.87. The Hall–Kier alpha value is -2.05. The molecule has 0 aliphatic carbocycles. The molecule has 0 N–H and O–H groups in total. The molecule has 30 heavy (non-hydrogen) atoms. The van der Waals surface area contributed by atoms with E-state index >= 15 is 0 Å². The van der Waals surface area contributed by atoms with Crippen molar-refractivity contribution in [3.05, 3.63) is 89.4 Å². The highest BCUT2D eigenvalue weighted by Gasteiger charge is 1.86. The van der Waals surface area contributed by atoms with Gasteiger partial charge in [0.15, 0.2) is 0 Å². The van der Waals surface area contributed by atoms with Gasteiger partial charge in [-0.25, -0.2) is 0 Å². The minimum absolute atomic E-state index is 0.250. The quantitative estimate of drug-likeness (QED) is 0.309. The van der Waals surface area contributed by atoms with Crippen molar-refractivity contribution >= 4 is 64.4 Å². The standard InChI is InChI=1S/C7H7BrS.C7H8S.C6H6S.2CO2/c1-9-7-4-2-6(8)3-5-7;1-8-7-5-3-2-4-6-7;7-6-4-2-1-3-5-6;2*2-1-3/h2-5H,1H3;2-6H,1H3;1-5,7H;;. The van der Waals surface area contributed by atoms with Crippen LogP contribution in [0.25, 0.3) is 0 Å². The van der Waals surface area contributed by atoms with Gasteiger partial charge >= 0.3 is 12.3 Å². The number of halogens is 1. The van der Waals surface area contributed by atoms with Gasteiger partial charge in [0.25, 0.3) is 0 Å². The molecule has 0 aliphatic heterocycles. The first kappa shape index (κ1) is 30.1. The van der Waals surface area contributed by atoms with Crippen molar-refractivity contribution in [2.75, 3.05) is 12.5 Å². The van der Waals surface area contributed by atoms with E-state index in [1.165, 1.54) is 9.79 Å².